The van der Waals surface area contributed by atoms with Crippen molar-refractivity contribution in [2.45, 2.75) is 58.9 Å². The minimum Gasteiger partial charge on any atom is -0.356 e. The van der Waals surface area contributed by atoms with E-state index in [4.69, 9.17) is 0 Å². The Morgan fingerprint density at radius 1 is 1.38 bits per heavy atom. The van der Waals surface area contributed by atoms with Gasteiger partial charge < -0.3 is 10.6 Å². The summed E-state index contributed by atoms with van der Waals surface area (Å²) in [6.45, 7) is 8.08. The molecule has 0 saturated heterocycles. The van der Waals surface area contributed by atoms with Crippen LogP contribution in [0.25, 0.3) is 0 Å². The summed E-state index contributed by atoms with van der Waals surface area (Å²) >= 11 is 0. The average molecular weight is 226 g/mol. The van der Waals surface area contributed by atoms with Crippen LogP contribution in [0.1, 0.15) is 52.9 Å². The van der Waals surface area contributed by atoms with E-state index in [9.17, 15) is 4.79 Å². The number of carbonyl (C=O) groups is 1. The van der Waals surface area contributed by atoms with Crippen LogP contribution in [-0.4, -0.2) is 25.0 Å². The van der Waals surface area contributed by atoms with Crippen molar-refractivity contribution in [1.29, 1.82) is 0 Å². The molecule has 0 bridgehead atoms. The fourth-order valence-corrected chi connectivity index (χ4v) is 2.18. The lowest BCUT2D eigenvalue weighted by molar-refractivity contribution is -0.121. The van der Waals surface area contributed by atoms with Crippen molar-refractivity contribution < 1.29 is 4.79 Å². The maximum atomic E-state index is 11.6. The number of nitrogens with one attached hydrogen (secondary N) is 2. The summed E-state index contributed by atoms with van der Waals surface area (Å²) in [5.41, 5.74) is 0.432. The van der Waals surface area contributed by atoms with Gasteiger partial charge in [0.05, 0.1) is 0 Å². The zero-order valence-corrected chi connectivity index (χ0v) is 10.9. The molecule has 0 aromatic rings. The summed E-state index contributed by atoms with van der Waals surface area (Å²) in [5, 5.41) is 6.33. The Morgan fingerprint density at radius 3 is 2.50 bits per heavy atom. The van der Waals surface area contributed by atoms with Gasteiger partial charge in [-0.2, -0.15) is 0 Å². The fourth-order valence-electron chi connectivity index (χ4n) is 2.18. The molecule has 0 aromatic carbocycles. The molecule has 1 saturated carbocycles. The van der Waals surface area contributed by atoms with Gasteiger partial charge in [-0.3, -0.25) is 4.79 Å². The monoisotopic (exact) mass is 226 g/mol. The highest BCUT2D eigenvalue weighted by atomic mass is 16.1. The SMILES string of the molecule is CCC1(CNC(=O)CCNC(C)C)CCC1. The van der Waals surface area contributed by atoms with Crippen LogP contribution in [0, 0.1) is 5.41 Å². The van der Waals surface area contributed by atoms with E-state index in [1.54, 1.807) is 0 Å². The van der Waals surface area contributed by atoms with Gasteiger partial charge >= 0.3 is 0 Å². The van der Waals surface area contributed by atoms with Gasteiger partial charge in [0.1, 0.15) is 0 Å². The van der Waals surface area contributed by atoms with E-state index >= 15 is 0 Å². The largest absolute Gasteiger partial charge is 0.356 e. The van der Waals surface area contributed by atoms with E-state index in [1.807, 2.05) is 0 Å². The Morgan fingerprint density at radius 2 is 2.06 bits per heavy atom. The summed E-state index contributed by atoms with van der Waals surface area (Å²) in [6.07, 6.45) is 5.69. The second-order valence-corrected chi connectivity index (χ2v) is 5.34. The molecular weight excluding hydrogens is 200 g/mol. The molecule has 0 unspecified atom stereocenters. The van der Waals surface area contributed by atoms with Crippen LogP contribution in [0.2, 0.25) is 0 Å². The van der Waals surface area contributed by atoms with Crippen molar-refractivity contribution in [3.8, 4) is 0 Å². The average Bonchev–Trinajstić information content (AvgIpc) is 2.16. The molecule has 0 atom stereocenters. The van der Waals surface area contributed by atoms with Crippen LogP contribution in [0.4, 0.5) is 0 Å². The van der Waals surface area contributed by atoms with Crippen molar-refractivity contribution >= 4 is 5.91 Å². The van der Waals surface area contributed by atoms with Gasteiger partial charge in [0.25, 0.3) is 0 Å². The molecule has 16 heavy (non-hydrogen) atoms. The lowest BCUT2D eigenvalue weighted by Gasteiger charge is -2.41. The van der Waals surface area contributed by atoms with Gasteiger partial charge in [-0.1, -0.05) is 27.2 Å². The molecule has 0 aliphatic heterocycles. The van der Waals surface area contributed by atoms with Gasteiger partial charge in [-0.25, -0.2) is 0 Å². The Kier molecular flexibility index (Phi) is 5.26. The predicted octanol–water partition coefficient (Wildman–Crippen LogP) is 2.07. The highest BCUT2D eigenvalue weighted by Crippen LogP contribution is 2.42. The normalized spacial score (nSPS) is 18.2. The number of carbonyl (C=O) groups excluding carboxylic acids is 1. The third kappa shape index (κ3) is 4.12. The van der Waals surface area contributed by atoms with E-state index in [0.717, 1.165) is 13.1 Å². The van der Waals surface area contributed by atoms with Gasteiger partial charge in [-0.05, 0) is 24.7 Å². The summed E-state index contributed by atoms with van der Waals surface area (Å²) in [4.78, 5) is 11.6. The van der Waals surface area contributed by atoms with Crippen LogP contribution < -0.4 is 10.6 Å². The molecular formula is C13H26N2O. The lowest BCUT2D eigenvalue weighted by atomic mass is 9.67. The fraction of sp³-hybridized carbons (Fsp3) is 0.923. The van der Waals surface area contributed by atoms with Gasteiger partial charge in [0.15, 0.2) is 0 Å². The molecule has 2 N–H and O–H groups in total. The standard InChI is InChI=1S/C13H26N2O/c1-4-13(7-5-8-13)10-15-12(16)6-9-14-11(2)3/h11,14H,4-10H2,1-3H3,(H,15,16). The van der Waals surface area contributed by atoms with Crippen LogP contribution in [0.15, 0.2) is 0 Å². The minimum atomic E-state index is 0.188. The highest BCUT2D eigenvalue weighted by molar-refractivity contribution is 5.76. The van der Waals surface area contributed by atoms with Crippen molar-refractivity contribution in [2.75, 3.05) is 13.1 Å². The minimum absolute atomic E-state index is 0.188. The van der Waals surface area contributed by atoms with E-state index < -0.39 is 0 Å². The molecule has 0 spiro atoms. The number of hydrogen-bond donors (Lipinski definition) is 2. The third-order valence-corrected chi connectivity index (χ3v) is 3.73. The molecule has 1 aliphatic rings. The first kappa shape index (κ1) is 13.5. The molecule has 1 amide bonds. The second-order valence-electron chi connectivity index (χ2n) is 5.34. The Balaban J connectivity index is 2.10. The van der Waals surface area contributed by atoms with Gasteiger partial charge in [-0.15, -0.1) is 0 Å². The van der Waals surface area contributed by atoms with E-state index in [-0.39, 0.29) is 5.91 Å². The van der Waals surface area contributed by atoms with Crippen LogP contribution in [0.3, 0.4) is 0 Å². The summed E-state index contributed by atoms with van der Waals surface area (Å²) < 4.78 is 0. The first-order valence-corrected chi connectivity index (χ1v) is 6.58. The van der Waals surface area contributed by atoms with E-state index in [2.05, 4.69) is 31.4 Å². The Labute approximate surface area is 99.4 Å². The molecule has 3 nitrogen and oxygen atoms in total. The zero-order valence-electron chi connectivity index (χ0n) is 10.9. The van der Waals surface area contributed by atoms with Gasteiger partial charge in [0, 0.05) is 25.6 Å². The summed E-state index contributed by atoms with van der Waals surface area (Å²) in [6, 6.07) is 0.460. The van der Waals surface area contributed by atoms with E-state index in [0.29, 0.717) is 17.9 Å². The Bertz CT molecular complexity index is 216. The second kappa shape index (κ2) is 6.24. The molecule has 3 heteroatoms. The van der Waals surface area contributed by atoms with E-state index in [1.165, 1.54) is 25.7 Å². The molecule has 0 radical (unpaired) electrons. The maximum Gasteiger partial charge on any atom is 0.221 e. The smallest absolute Gasteiger partial charge is 0.221 e. The van der Waals surface area contributed by atoms with Crippen LogP contribution >= 0.6 is 0 Å². The van der Waals surface area contributed by atoms with Gasteiger partial charge in [0.2, 0.25) is 5.91 Å². The van der Waals surface area contributed by atoms with Crippen molar-refractivity contribution in [1.82, 2.24) is 10.6 Å². The number of amides is 1. The highest BCUT2D eigenvalue weighted by Gasteiger charge is 2.34. The topological polar surface area (TPSA) is 41.1 Å². The number of rotatable bonds is 7. The molecule has 0 heterocycles. The molecule has 94 valence electrons. The zero-order chi connectivity index (χ0) is 12.0. The maximum absolute atomic E-state index is 11.6. The third-order valence-electron chi connectivity index (χ3n) is 3.73. The summed E-state index contributed by atoms with van der Waals surface area (Å²) in [5.74, 6) is 0.188. The molecule has 1 fully saturated rings. The number of hydrogen-bond acceptors (Lipinski definition) is 2. The van der Waals surface area contributed by atoms with Crippen molar-refractivity contribution in [3.05, 3.63) is 0 Å². The Hall–Kier alpha value is -0.570. The predicted molar refractivity (Wildman–Crippen MR) is 67.3 cm³/mol. The summed E-state index contributed by atoms with van der Waals surface area (Å²) in [7, 11) is 0. The first-order valence-electron chi connectivity index (χ1n) is 6.58. The molecule has 1 aliphatic carbocycles. The van der Waals surface area contributed by atoms with Crippen molar-refractivity contribution in [2.24, 2.45) is 5.41 Å². The van der Waals surface area contributed by atoms with Crippen molar-refractivity contribution in [3.63, 3.8) is 0 Å². The van der Waals surface area contributed by atoms with Crippen LogP contribution in [-0.2, 0) is 4.79 Å². The first-order chi connectivity index (χ1) is 7.58. The van der Waals surface area contributed by atoms with Crippen LogP contribution in [0.5, 0.6) is 0 Å². The lowest BCUT2D eigenvalue weighted by Crippen LogP contribution is -2.42. The molecule has 1 rings (SSSR count). The quantitative estimate of drug-likeness (QED) is 0.698. The molecule has 0 aromatic heterocycles.